The van der Waals surface area contributed by atoms with Crippen LogP contribution in [0, 0.1) is 0 Å². The normalized spacial score (nSPS) is 10.9. The molecule has 2 aromatic heterocycles. The predicted molar refractivity (Wildman–Crippen MR) is 85.4 cm³/mol. The molecule has 0 aliphatic heterocycles. The minimum absolute atomic E-state index is 0.386. The summed E-state index contributed by atoms with van der Waals surface area (Å²) >= 11 is 5.12. The Labute approximate surface area is 130 Å². The van der Waals surface area contributed by atoms with Crippen LogP contribution in [0.3, 0.4) is 0 Å². The van der Waals surface area contributed by atoms with E-state index in [2.05, 4.69) is 44.8 Å². The van der Waals surface area contributed by atoms with Gasteiger partial charge in [0.05, 0.1) is 15.9 Å². The zero-order valence-electron chi connectivity index (χ0n) is 11.4. The number of nitrogens with two attached hydrogens (primary N) is 2. The van der Waals surface area contributed by atoms with E-state index >= 15 is 0 Å². The first kappa shape index (κ1) is 15.1. The third kappa shape index (κ3) is 3.24. The van der Waals surface area contributed by atoms with E-state index in [-0.39, 0.29) is 0 Å². The summed E-state index contributed by atoms with van der Waals surface area (Å²) in [5, 5.41) is 5.14. The van der Waals surface area contributed by atoms with Gasteiger partial charge in [-0.15, -0.1) is 0 Å². The first-order chi connectivity index (χ1) is 9.55. The molecule has 0 aromatic carbocycles. The van der Waals surface area contributed by atoms with Crippen molar-refractivity contribution in [1.29, 1.82) is 0 Å². The summed E-state index contributed by atoms with van der Waals surface area (Å²) in [5.74, 6) is 1.49. The Kier molecular flexibility index (Phi) is 4.87. The summed E-state index contributed by atoms with van der Waals surface area (Å²) in [6, 6.07) is 1.55. The Balaban J connectivity index is 2.20. The van der Waals surface area contributed by atoms with Crippen molar-refractivity contribution < 1.29 is 0 Å². The summed E-state index contributed by atoms with van der Waals surface area (Å²) in [6.07, 6.45) is 0.896. The van der Waals surface area contributed by atoms with E-state index in [1.54, 1.807) is 6.07 Å². The molecule has 2 heterocycles. The Morgan fingerprint density at radius 1 is 1.25 bits per heavy atom. The average molecular weight is 357 g/mol. The third-order valence-electron chi connectivity index (χ3n) is 2.78. The van der Waals surface area contributed by atoms with Crippen LogP contribution in [0.15, 0.2) is 15.7 Å². The van der Waals surface area contributed by atoms with Crippen molar-refractivity contribution in [3.05, 3.63) is 21.9 Å². The van der Waals surface area contributed by atoms with Crippen LogP contribution < -0.4 is 11.5 Å². The Morgan fingerprint density at radius 2 is 1.90 bits per heavy atom. The van der Waals surface area contributed by atoms with Crippen molar-refractivity contribution in [2.24, 2.45) is 0 Å². The molecule has 0 unspecified atom stereocenters. The number of aryl methyl sites for hydroxylation is 2. The van der Waals surface area contributed by atoms with Gasteiger partial charge in [-0.3, -0.25) is 4.68 Å². The van der Waals surface area contributed by atoms with Crippen LogP contribution in [0.2, 0.25) is 0 Å². The molecule has 2 aromatic rings. The van der Waals surface area contributed by atoms with Gasteiger partial charge in [0, 0.05) is 18.4 Å². The van der Waals surface area contributed by atoms with Gasteiger partial charge in [0.15, 0.2) is 5.16 Å². The van der Waals surface area contributed by atoms with Crippen LogP contribution in [0.1, 0.15) is 25.2 Å². The molecule has 0 aliphatic rings. The maximum Gasteiger partial charge on any atom is 0.191 e. The van der Waals surface area contributed by atoms with Gasteiger partial charge in [0.1, 0.15) is 11.6 Å². The lowest BCUT2D eigenvalue weighted by molar-refractivity contribution is 0.627. The third-order valence-corrected chi connectivity index (χ3v) is 4.55. The predicted octanol–water partition coefficient (Wildman–Crippen LogP) is 2.47. The topological polar surface area (TPSA) is 95.6 Å². The average Bonchev–Trinajstić information content (AvgIpc) is 2.71. The van der Waals surface area contributed by atoms with Crippen LogP contribution in [0.5, 0.6) is 0 Å². The van der Waals surface area contributed by atoms with Crippen LogP contribution >= 0.6 is 27.7 Å². The number of halogens is 1. The number of hydrogen-bond acceptors (Lipinski definition) is 6. The maximum absolute atomic E-state index is 5.67. The lowest BCUT2D eigenvalue weighted by Gasteiger charge is -2.05. The second-order valence-corrected chi connectivity index (χ2v) is 5.90. The van der Waals surface area contributed by atoms with E-state index in [9.17, 15) is 0 Å². The fourth-order valence-corrected chi connectivity index (χ4v) is 3.60. The van der Waals surface area contributed by atoms with E-state index in [0.29, 0.717) is 22.5 Å². The summed E-state index contributed by atoms with van der Waals surface area (Å²) in [5.41, 5.74) is 13.5. The highest BCUT2D eigenvalue weighted by atomic mass is 79.9. The molecule has 0 aliphatic carbocycles. The highest BCUT2D eigenvalue weighted by Crippen LogP contribution is 2.28. The molecule has 2 rings (SSSR count). The van der Waals surface area contributed by atoms with Crippen molar-refractivity contribution in [1.82, 2.24) is 19.7 Å². The van der Waals surface area contributed by atoms with Gasteiger partial charge in [-0.05, 0) is 29.3 Å². The van der Waals surface area contributed by atoms with Crippen molar-refractivity contribution in [3.63, 3.8) is 0 Å². The molecule has 0 radical (unpaired) electrons. The molecule has 0 bridgehead atoms. The number of anilines is 2. The number of thioether (sulfide) groups is 1. The smallest absolute Gasteiger partial charge is 0.191 e. The van der Waals surface area contributed by atoms with Crippen molar-refractivity contribution >= 4 is 39.3 Å². The number of nitrogens with zero attached hydrogens (tertiary/aromatic N) is 4. The number of hydrogen-bond donors (Lipinski definition) is 2. The molecule has 0 saturated carbocycles. The van der Waals surface area contributed by atoms with Crippen LogP contribution in [-0.2, 0) is 18.7 Å². The van der Waals surface area contributed by atoms with Gasteiger partial charge >= 0.3 is 0 Å². The number of rotatable bonds is 5. The summed E-state index contributed by atoms with van der Waals surface area (Å²) in [4.78, 5) is 8.33. The molecule has 0 spiro atoms. The molecular formula is C12H17BrN6S. The van der Waals surface area contributed by atoms with Crippen molar-refractivity contribution in [3.8, 4) is 0 Å². The van der Waals surface area contributed by atoms with Crippen LogP contribution in [-0.4, -0.2) is 19.7 Å². The Bertz CT molecular complexity index is 592. The summed E-state index contributed by atoms with van der Waals surface area (Å²) in [7, 11) is 0. The van der Waals surface area contributed by atoms with E-state index in [1.807, 2.05) is 4.68 Å². The summed E-state index contributed by atoms with van der Waals surface area (Å²) in [6.45, 7) is 4.99. The second-order valence-electron chi connectivity index (χ2n) is 4.17. The molecule has 20 heavy (non-hydrogen) atoms. The lowest BCUT2D eigenvalue weighted by atomic mass is 10.3. The van der Waals surface area contributed by atoms with E-state index in [4.69, 9.17) is 11.5 Å². The maximum atomic E-state index is 5.67. The monoisotopic (exact) mass is 356 g/mol. The van der Waals surface area contributed by atoms with Crippen molar-refractivity contribution in [2.45, 2.75) is 37.7 Å². The fourth-order valence-electron chi connectivity index (χ4n) is 1.81. The molecule has 108 valence electrons. The van der Waals surface area contributed by atoms with Gasteiger partial charge in [0.2, 0.25) is 0 Å². The first-order valence-corrected chi connectivity index (χ1v) is 8.09. The molecule has 6 nitrogen and oxygen atoms in total. The first-order valence-electron chi connectivity index (χ1n) is 6.32. The minimum atomic E-state index is 0.386. The van der Waals surface area contributed by atoms with Gasteiger partial charge in [-0.25, -0.2) is 9.97 Å². The van der Waals surface area contributed by atoms with Crippen LogP contribution in [0.4, 0.5) is 11.6 Å². The molecule has 0 amide bonds. The van der Waals surface area contributed by atoms with Gasteiger partial charge in [-0.1, -0.05) is 18.7 Å². The zero-order chi connectivity index (χ0) is 14.7. The van der Waals surface area contributed by atoms with Crippen molar-refractivity contribution in [2.75, 3.05) is 11.5 Å². The zero-order valence-corrected chi connectivity index (χ0v) is 13.8. The molecule has 0 atom stereocenters. The second kappa shape index (κ2) is 6.45. The molecule has 8 heteroatoms. The highest BCUT2D eigenvalue weighted by Gasteiger charge is 2.14. The van der Waals surface area contributed by atoms with Gasteiger partial charge in [0.25, 0.3) is 0 Å². The van der Waals surface area contributed by atoms with E-state index in [0.717, 1.165) is 28.8 Å². The molecular weight excluding hydrogens is 340 g/mol. The standard InChI is InChI=1S/C12H17BrN6S/c1-3-7-11(13)8(19(4-2)18-7)6-20-12-16-9(14)5-10(15)17-12/h5H,3-4,6H2,1-2H3,(H4,14,15,16,17). The van der Waals surface area contributed by atoms with E-state index in [1.165, 1.54) is 11.8 Å². The Hall–Kier alpha value is -1.28. The lowest BCUT2D eigenvalue weighted by Crippen LogP contribution is -2.03. The largest absolute Gasteiger partial charge is 0.383 e. The van der Waals surface area contributed by atoms with Gasteiger partial charge in [-0.2, -0.15) is 5.10 Å². The SMILES string of the molecule is CCc1nn(CC)c(CSc2nc(N)cc(N)n2)c1Br. The molecule has 0 fully saturated rings. The highest BCUT2D eigenvalue weighted by molar-refractivity contribution is 9.10. The minimum Gasteiger partial charge on any atom is -0.383 e. The molecule has 0 saturated heterocycles. The fraction of sp³-hybridized carbons (Fsp3) is 0.417. The Morgan fingerprint density at radius 3 is 2.45 bits per heavy atom. The van der Waals surface area contributed by atoms with Gasteiger partial charge < -0.3 is 11.5 Å². The number of aromatic nitrogens is 4. The van der Waals surface area contributed by atoms with E-state index < -0.39 is 0 Å². The van der Waals surface area contributed by atoms with Crippen LogP contribution in [0.25, 0.3) is 0 Å². The number of nitrogen functional groups attached to an aromatic ring is 2. The molecule has 4 N–H and O–H groups in total. The quantitative estimate of drug-likeness (QED) is 0.630. The summed E-state index contributed by atoms with van der Waals surface area (Å²) < 4.78 is 3.05.